The molecule has 0 aliphatic carbocycles. The first kappa shape index (κ1) is 9.88. The molecule has 0 rings (SSSR count). The summed E-state index contributed by atoms with van der Waals surface area (Å²) in [6.07, 6.45) is 1.04. The molecular formula is C7H18N2O. The minimum absolute atomic E-state index is 0.153. The minimum Gasteiger partial charge on any atom is -0.364 e. The lowest BCUT2D eigenvalue weighted by Crippen LogP contribution is -2.33. The average molecular weight is 146 g/mol. The zero-order valence-electron chi connectivity index (χ0n) is 6.89. The Kier molecular flexibility index (Phi) is 6.91. The Morgan fingerprint density at radius 3 is 2.60 bits per heavy atom. The second-order valence-electron chi connectivity index (χ2n) is 2.08. The number of hydrogen-bond acceptors (Lipinski definition) is 3. The van der Waals surface area contributed by atoms with Crippen molar-refractivity contribution in [2.24, 2.45) is 5.73 Å². The zero-order valence-corrected chi connectivity index (χ0v) is 6.89. The number of nitrogens with one attached hydrogen (secondary N) is 1. The molecule has 3 nitrogen and oxygen atoms in total. The summed E-state index contributed by atoms with van der Waals surface area (Å²) in [5.74, 6) is 0. The fraction of sp³-hybridized carbons (Fsp3) is 1.00. The van der Waals surface area contributed by atoms with Crippen molar-refractivity contribution in [3.8, 4) is 0 Å². The van der Waals surface area contributed by atoms with E-state index >= 15 is 0 Å². The van der Waals surface area contributed by atoms with Crippen LogP contribution in [0.15, 0.2) is 0 Å². The van der Waals surface area contributed by atoms with Crippen LogP contribution in [0.5, 0.6) is 0 Å². The Morgan fingerprint density at radius 2 is 2.20 bits per heavy atom. The van der Waals surface area contributed by atoms with Gasteiger partial charge in [0.25, 0.3) is 0 Å². The highest BCUT2D eigenvalue weighted by Crippen LogP contribution is 1.91. The first-order valence-corrected chi connectivity index (χ1v) is 3.90. The first-order valence-electron chi connectivity index (χ1n) is 3.90. The van der Waals surface area contributed by atoms with Gasteiger partial charge in [0.2, 0.25) is 0 Å². The van der Waals surface area contributed by atoms with Gasteiger partial charge in [-0.25, -0.2) is 0 Å². The monoisotopic (exact) mass is 146 g/mol. The summed E-state index contributed by atoms with van der Waals surface area (Å²) < 4.78 is 5.33. The number of hydrogen-bond donors (Lipinski definition) is 2. The minimum atomic E-state index is 0.153. The summed E-state index contributed by atoms with van der Waals surface area (Å²) in [6, 6.07) is 0. The topological polar surface area (TPSA) is 47.3 Å². The van der Waals surface area contributed by atoms with Crippen LogP contribution in [-0.4, -0.2) is 25.9 Å². The van der Waals surface area contributed by atoms with Gasteiger partial charge < -0.3 is 10.5 Å². The maximum atomic E-state index is 5.37. The largest absolute Gasteiger partial charge is 0.364 e. The van der Waals surface area contributed by atoms with Crippen molar-refractivity contribution in [3.05, 3.63) is 0 Å². The van der Waals surface area contributed by atoms with Gasteiger partial charge in [0.15, 0.2) is 0 Å². The van der Waals surface area contributed by atoms with Crippen LogP contribution in [-0.2, 0) is 4.74 Å². The van der Waals surface area contributed by atoms with Gasteiger partial charge in [0.05, 0.1) is 0 Å². The van der Waals surface area contributed by atoms with E-state index in [1.165, 1.54) is 0 Å². The van der Waals surface area contributed by atoms with E-state index in [1.54, 1.807) is 0 Å². The normalized spacial score (nSPS) is 13.5. The molecule has 10 heavy (non-hydrogen) atoms. The molecule has 0 spiro atoms. The summed E-state index contributed by atoms with van der Waals surface area (Å²) in [5.41, 5.74) is 5.37. The average Bonchev–Trinajstić information content (AvgIpc) is 1.90. The van der Waals surface area contributed by atoms with Crippen LogP contribution in [0.1, 0.15) is 20.3 Å². The lowest BCUT2D eigenvalue weighted by molar-refractivity contribution is 0.0354. The van der Waals surface area contributed by atoms with Gasteiger partial charge in [0, 0.05) is 6.61 Å². The molecule has 62 valence electrons. The number of rotatable bonds is 6. The summed E-state index contributed by atoms with van der Waals surface area (Å²) in [7, 11) is 0. The van der Waals surface area contributed by atoms with E-state index in [1.807, 2.05) is 6.92 Å². The molecule has 0 aromatic heterocycles. The predicted molar refractivity (Wildman–Crippen MR) is 42.8 cm³/mol. The summed E-state index contributed by atoms with van der Waals surface area (Å²) in [5, 5.41) is 3.18. The molecule has 0 heterocycles. The van der Waals surface area contributed by atoms with Crippen molar-refractivity contribution < 1.29 is 4.74 Å². The molecule has 0 fully saturated rings. The summed E-state index contributed by atoms with van der Waals surface area (Å²) in [4.78, 5) is 0. The van der Waals surface area contributed by atoms with Crippen LogP contribution in [0.25, 0.3) is 0 Å². The van der Waals surface area contributed by atoms with Crippen molar-refractivity contribution in [2.75, 3.05) is 19.7 Å². The molecule has 0 aromatic rings. The van der Waals surface area contributed by atoms with Crippen LogP contribution in [0.3, 0.4) is 0 Å². The van der Waals surface area contributed by atoms with Gasteiger partial charge >= 0.3 is 0 Å². The predicted octanol–water partition coefficient (Wildman–Crippen LogP) is 0.307. The van der Waals surface area contributed by atoms with Crippen LogP contribution >= 0.6 is 0 Å². The molecule has 0 saturated heterocycles. The third-order valence-corrected chi connectivity index (χ3v) is 1.23. The SMILES string of the molecule is CCNC(CCN)OCC. The van der Waals surface area contributed by atoms with Gasteiger partial charge in [-0.05, 0) is 26.4 Å². The van der Waals surface area contributed by atoms with Gasteiger partial charge in [-0.2, -0.15) is 0 Å². The van der Waals surface area contributed by atoms with E-state index in [0.29, 0.717) is 6.54 Å². The van der Waals surface area contributed by atoms with Crippen molar-refractivity contribution in [1.82, 2.24) is 5.32 Å². The third-order valence-electron chi connectivity index (χ3n) is 1.23. The fourth-order valence-corrected chi connectivity index (χ4v) is 0.825. The van der Waals surface area contributed by atoms with Crippen molar-refractivity contribution >= 4 is 0 Å². The zero-order chi connectivity index (χ0) is 7.82. The number of ether oxygens (including phenoxy) is 1. The van der Waals surface area contributed by atoms with E-state index in [4.69, 9.17) is 10.5 Å². The smallest absolute Gasteiger partial charge is 0.109 e. The van der Waals surface area contributed by atoms with Crippen molar-refractivity contribution in [3.63, 3.8) is 0 Å². The van der Waals surface area contributed by atoms with Crippen LogP contribution < -0.4 is 11.1 Å². The maximum absolute atomic E-state index is 5.37. The number of nitrogens with two attached hydrogens (primary N) is 1. The molecule has 3 heteroatoms. The Morgan fingerprint density at radius 1 is 1.50 bits per heavy atom. The van der Waals surface area contributed by atoms with Crippen molar-refractivity contribution in [1.29, 1.82) is 0 Å². The van der Waals surface area contributed by atoms with Crippen LogP contribution in [0.4, 0.5) is 0 Å². The van der Waals surface area contributed by atoms with Crippen molar-refractivity contribution in [2.45, 2.75) is 26.5 Å². The molecule has 0 aliphatic heterocycles. The molecule has 0 aliphatic rings. The molecule has 1 atom stereocenters. The Hall–Kier alpha value is -0.120. The van der Waals surface area contributed by atoms with Gasteiger partial charge in [0.1, 0.15) is 6.23 Å². The fourth-order valence-electron chi connectivity index (χ4n) is 0.825. The van der Waals surface area contributed by atoms with E-state index in [-0.39, 0.29) is 6.23 Å². The van der Waals surface area contributed by atoms with E-state index in [0.717, 1.165) is 19.6 Å². The summed E-state index contributed by atoms with van der Waals surface area (Å²) in [6.45, 7) is 6.41. The lowest BCUT2D eigenvalue weighted by Gasteiger charge is -2.16. The highest BCUT2D eigenvalue weighted by Gasteiger charge is 2.02. The van der Waals surface area contributed by atoms with Gasteiger partial charge in [-0.3, -0.25) is 5.32 Å². The lowest BCUT2D eigenvalue weighted by atomic mass is 10.4. The molecule has 0 bridgehead atoms. The molecule has 0 aromatic carbocycles. The molecule has 0 amide bonds. The third kappa shape index (κ3) is 4.73. The highest BCUT2D eigenvalue weighted by molar-refractivity contribution is 4.53. The maximum Gasteiger partial charge on any atom is 0.109 e. The molecular weight excluding hydrogens is 128 g/mol. The van der Waals surface area contributed by atoms with Crippen LogP contribution in [0.2, 0.25) is 0 Å². The quantitative estimate of drug-likeness (QED) is 0.530. The van der Waals surface area contributed by atoms with Gasteiger partial charge in [-0.15, -0.1) is 0 Å². The van der Waals surface area contributed by atoms with E-state index in [2.05, 4.69) is 12.2 Å². The Bertz CT molecular complexity index is 54.4. The standard InChI is InChI=1S/C7H18N2O/c1-3-9-7(5-6-8)10-4-2/h7,9H,3-6,8H2,1-2H3. The molecule has 1 unspecified atom stereocenters. The highest BCUT2D eigenvalue weighted by atomic mass is 16.5. The van der Waals surface area contributed by atoms with Gasteiger partial charge in [-0.1, -0.05) is 6.92 Å². The molecule has 3 N–H and O–H groups in total. The van der Waals surface area contributed by atoms with Crippen LogP contribution in [0, 0.1) is 0 Å². The second-order valence-corrected chi connectivity index (χ2v) is 2.08. The Balaban J connectivity index is 3.30. The molecule has 0 radical (unpaired) electrons. The molecule has 0 saturated carbocycles. The Labute approximate surface area is 62.9 Å². The first-order chi connectivity index (χ1) is 4.85. The summed E-state index contributed by atoms with van der Waals surface area (Å²) >= 11 is 0. The van der Waals surface area contributed by atoms with E-state index in [9.17, 15) is 0 Å². The van der Waals surface area contributed by atoms with E-state index < -0.39 is 0 Å². The second kappa shape index (κ2) is 6.99.